The van der Waals surface area contributed by atoms with Crippen LogP contribution in [0.15, 0.2) is 73.1 Å². The van der Waals surface area contributed by atoms with Crippen molar-refractivity contribution in [2.45, 2.75) is 76.9 Å². The number of hydrogen-bond donors (Lipinski definition) is 1. The molecule has 1 N–H and O–H groups in total. The van der Waals surface area contributed by atoms with Gasteiger partial charge in [0, 0.05) is 35.3 Å². The second-order valence-electron chi connectivity index (χ2n) is 14.6. The third-order valence-corrected chi connectivity index (χ3v) is 8.64. The topological polar surface area (TPSA) is 155 Å². The monoisotopic (exact) mass is 824 g/mol. The van der Waals surface area contributed by atoms with Gasteiger partial charge in [-0.15, -0.1) is 26.3 Å². The first-order valence-electron chi connectivity index (χ1n) is 18.1. The number of amides is 1. The van der Waals surface area contributed by atoms with Crippen LogP contribution in [-0.2, 0) is 4.74 Å². The molecule has 2 aromatic carbocycles. The molecule has 0 unspecified atom stereocenters. The van der Waals surface area contributed by atoms with Gasteiger partial charge in [-0.3, -0.25) is 14.5 Å². The van der Waals surface area contributed by atoms with E-state index < -0.39 is 30.2 Å². The quantitative estimate of drug-likeness (QED) is 0.104. The summed E-state index contributed by atoms with van der Waals surface area (Å²) in [6.07, 6.45) is -2.76. The van der Waals surface area contributed by atoms with Crippen LogP contribution in [0.2, 0.25) is 0 Å². The summed E-state index contributed by atoms with van der Waals surface area (Å²) >= 11 is 0. The molecule has 4 aromatic heterocycles. The average Bonchev–Trinajstić information content (AvgIpc) is 4.07. The van der Waals surface area contributed by atoms with Crippen molar-refractivity contribution in [3.8, 4) is 34.0 Å². The summed E-state index contributed by atoms with van der Waals surface area (Å²) in [6.45, 7) is 5.23. The largest absolute Gasteiger partial charge is 0.573 e. The van der Waals surface area contributed by atoms with Gasteiger partial charge in [-0.2, -0.15) is 19.2 Å². The van der Waals surface area contributed by atoms with Gasteiger partial charge >= 0.3 is 18.8 Å². The van der Waals surface area contributed by atoms with Crippen LogP contribution in [0.1, 0.15) is 67.2 Å². The van der Waals surface area contributed by atoms with Crippen LogP contribution >= 0.6 is 0 Å². The molecule has 0 atom stereocenters. The molecular formula is C39H34F6N8O6. The van der Waals surface area contributed by atoms with Crippen LogP contribution in [0.25, 0.3) is 33.8 Å². The standard InChI is InChI=1S/C22H21F3N4O4.C17H13F3N4O2/c1-21(2,3)33-20(31)28(15-7-8-15)18-10-17(27-19-14(12-30)11-26-29(18)19)13-5-4-6-16(9-13)32-22(23,24)25;18-17(19,20)26-13-3-1-2-10(6-13)14-7-15(22-12-4-5-12)24-16(23-14)11(9-25)8-21-24/h4-6,9-12,15H,7-8H2,1-3H3;1-3,6-9,12,22H,4-5H2. The summed E-state index contributed by atoms with van der Waals surface area (Å²) in [7, 11) is 0. The van der Waals surface area contributed by atoms with Gasteiger partial charge in [0.15, 0.2) is 23.9 Å². The van der Waals surface area contributed by atoms with E-state index >= 15 is 0 Å². The number of fused-ring (bicyclic) bond motifs is 2. The average molecular weight is 825 g/mol. The Hall–Kier alpha value is -6.73. The molecular weight excluding hydrogens is 790 g/mol. The summed E-state index contributed by atoms with van der Waals surface area (Å²) in [5, 5.41) is 11.7. The van der Waals surface area contributed by atoms with E-state index in [0.717, 1.165) is 25.7 Å². The first kappa shape index (κ1) is 40.5. The van der Waals surface area contributed by atoms with Crippen LogP contribution in [0.4, 0.5) is 42.8 Å². The molecule has 14 nitrogen and oxygen atoms in total. The van der Waals surface area contributed by atoms with Crippen LogP contribution in [0.3, 0.4) is 0 Å². The minimum Gasteiger partial charge on any atom is -0.443 e. The lowest BCUT2D eigenvalue weighted by molar-refractivity contribution is -0.275. The lowest BCUT2D eigenvalue weighted by Gasteiger charge is -2.27. The predicted molar refractivity (Wildman–Crippen MR) is 199 cm³/mol. The number of nitrogens with one attached hydrogen (secondary N) is 1. The number of carbonyl (C=O) groups excluding carboxylic acids is 3. The number of rotatable bonds is 10. The van der Waals surface area contributed by atoms with Gasteiger partial charge < -0.3 is 19.5 Å². The highest BCUT2D eigenvalue weighted by Gasteiger charge is 2.39. The number of aromatic nitrogens is 6. The first-order chi connectivity index (χ1) is 27.9. The van der Waals surface area contributed by atoms with E-state index in [1.807, 2.05) is 0 Å². The van der Waals surface area contributed by atoms with Gasteiger partial charge in [-0.05, 0) is 70.7 Å². The van der Waals surface area contributed by atoms with E-state index in [9.17, 15) is 40.7 Å². The van der Waals surface area contributed by atoms with Gasteiger partial charge in [0.1, 0.15) is 28.7 Å². The van der Waals surface area contributed by atoms with Gasteiger partial charge in [0.25, 0.3) is 0 Å². The summed E-state index contributed by atoms with van der Waals surface area (Å²) < 4.78 is 91.8. The zero-order valence-electron chi connectivity index (χ0n) is 31.4. The highest BCUT2D eigenvalue weighted by Crippen LogP contribution is 2.37. The summed E-state index contributed by atoms with van der Waals surface area (Å²) in [5.74, 6) is 0.167. The van der Waals surface area contributed by atoms with E-state index in [1.54, 1.807) is 39.0 Å². The van der Waals surface area contributed by atoms with Gasteiger partial charge in [-0.1, -0.05) is 24.3 Å². The smallest absolute Gasteiger partial charge is 0.443 e. The highest BCUT2D eigenvalue weighted by molar-refractivity contribution is 5.91. The molecule has 20 heteroatoms. The normalized spacial score (nSPS) is 14.3. The molecule has 8 rings (SSSR count). The number of halogens is 6. The van der Waals surface area contributed by atoms with Crippen LogP contribution in [0.5, 0.6) is 11.5 Å². The van der Waals surface area contributed by atoms with Crippen molar-refractivity contribution in [1.82, 2.24) is 29.2 Å². The molecule has 2 saturated carbocycles. The molecule has 0 radical (unpaired) electrons. The molecule has 59 heavy (non-hydrogen) atoms. The second kappa shape index (κ2) is 15.6. The third kappa shape index (κ3) is 9.87. The first-order valence-corrected chi connectivity index (χ1v) is 18.1. The van der Waals surface area contributed by atoms with Gasteiger partial charge in [-0.25, -0.2) is 14.8 Å². The molecule has 1 amide bonds. The Kier molecular flexibility index (Phi) is 10.7. The van der Waals surface area contributed by atoms with Crippen molar-refractivity contribution in [2.75, 3.05) is 10.2 Å². The maximum absolute atomic E-state index is 13.0. The van der Waals surface area contributed by atoms with Crippen molar-refractivity contribution in [2.24, 2.45) is 0 Å². The SMILES string of the molecule is CC(C)(C)OC(=O)N(c1cc(-c2cccc(OC(F)(F)F)c2)nc2c(C=O)cnn12)C1CC1.O=Cc1cnn2c(NC3CC3)cc(-c3cccc(OC(F)(F)F)c3)nc12. The predicted octanol–water partition coefficient (Wildman–Crippen LogP) is 8.69. The lowest BCUT2D eigenvalue weighted by Crippen LogP contribution is -2.39. The molecule has 6 aromatic rings. The molecule has 2 aliphatic carbocycles. The van der Waals surface area contributed by atoms with Crippen molar-refractivity contribution < 1.29 is 54.9 Å². The van der Waals surface area contributed by atoms with E-state index in [-0.39, 0.29) is 28.7 Å². The van der Waals surface area contributed by atoms with E-state index in [4.69, 9.17) is 4.74 Å². The minimum atomic E-state index is -4.85. The molecule has 2 aliphatic rings. The maximum atomic E-state index is 13.0. The summed E-state index contributed by atoms with van der Waals surface area (Å²) in [5.41, 5.74) is 1.61. The van der Waals surface area contributed by atoms with E-state index in [2.05, 4.69) is 35.0 Å². The summed E-state index contributed by atoms with van der Waals surface area (Å²) in [6, 6.07) is 14.3. The molecule has 0 saturated heterocycles. The van der Waals surface area contributed by atoms with Crippen LogP contribution < -0.4 is 19.7 Å². The molecule has 0 bridgehead atoms. The number of benzene rings is 2. The second-order valence-corrected chi connectivity index (χ2v) is 14.6. The number of hydrogen-bond acceptors (Lipinski definition) is 11. The maximum Gasteiger partial charge on any atom is 0.573 e. The summed E-state index contributed by atoms with van der Waals surface area (Å²) in [4.78, 5) is 46.1. The molecule has 0 aliphatic heterocycles. The molecule has 308 valence electrons. The van der Waals surface area contributed by atoms with Crippen molar-refractivity contribution in [3.05, 3.63) is 84.2 Å². The molecule has 2 fully saturated rings. The van der Waals surface area contributed by atoms with Gasteiger partial charge in [0.2, 0.25) is 0 Å². The molecule has 4 heterocycles. The van der Waals surface area contributed by atoms with Gasteiger partial charge in [0.05, 0.1) is 34.9 Å². The van der Waals surface area contributed by atoms with Crippen LogP contribution in [0, 0.1) is 0 Å². The van der Waals surface area contributed by atoms with Crippen molar-refractivity contribution in [3.63, 3.8) is 0 Å². The number of anilines is 2. The number of nitrogens with zero attached hydrogens (tertiary/aromatic N) is 7. The van der Waals surface area contributed by atoms with Crippen LogP contribution in [-0.4, -0.2) is 78.3 Å². The Morgan fingerprint density at radius 1 is 0.746 bits per heavy atom. The number of alkyl halides is 6. The fraction of sp³-hybridized carbons (Fsp3) is 0.308. The Balaban J connectivity index is 0.000000184. The fourth-order valence-electron chi connectivity index (χ4n) is 5.90. The van der Waals surface area contributed by atoms with E-state index in [0.29, 0.717) is 58.3 Å². The van der Waals surface area contributed by atoms with E-state index in [1.165, 1.54) is 68.8 Å². The fourth-order valence-corrected chi connectivity index (χ4v) is 5.90. The highest BCUT2D eigenvalue weighted by atomic mass is 19.4. The Labute approximate surface area is 330 Å². The number of carbonyl (C=O) groups is 3. The zero-order valence-corrected chi connectivity index (χ0v) is 31.4. The number of aldehydes is 2. The Morgan fingerprint density at radius 2 is 1.25 bits per heavy atom. The van der Waals surface area contributed by atoms with Crippen molar-refractivity contribution in [1.29, 1.82) is 0 Å². The zero-order chi connectivity index (χ0) is 42.3. The van der Waals surface area contributed by atoms with Crippen molar-refractivity contribution >= 4 is 41.6 Å². The minimum absolute atomic E-state index is 0.137. The number of ether oxygens (including phenoxy) is 3. The third-order valence-electron chi connectivity index (χ3n) is 8.64. The molecule has 0 spiro atoms. The lowest BCUT2D eigenvalue weighted by atomic mass is 10.1. The Bertz CT molecular complexity index is 2540. The Morgan fingerprint density at radius 3 is 1.73 bits per heavy atom.